The van der Waals surface area contributed by atoms with Crippen molar-refractivity contribution in [3.8, 4) is 17.0 Å². The molecule has 0 saturated heterocycles. The van der Waals surface area contributed by atoms with Crippen LogP contribution in [0.15, 0.2) is 71.8 Å². The van der Waals surface area contributed by atoms with E-state index in [0.29, 0.717) is 18.8 Å². The summed E-state index contributed by atoms with van der Waals surface area (Å²) >= 11 is 0. The van der Waals surface area contributed by atoms with Crippen LogP contribution >= 0.6 is 0 Å². The van der Waals surface area contributed by atoms with Crippen LogP contribution in [0.1, 0.15) is 12.5 Å². The molecule has 3 aromatic rings. The molecule has 6 nitrogen and oxygen atoms in total. The van der Waals surface area contributed by atoms with Gasteiger partial charge in [-0.1, -0.05) is 30.3 Å². The first-order valence-corrected chi connectivity index (χ1v) is 9.26. The van der Waals surface area contributed by atoms with Gasteiger partial charge in [-0.05, 0) is 43.2 Å². The second kappa shape index (κ2) is 9.50. The monoisotopic (exact) mass is 377 g/mol. The molecule has 0 bridgehead atoms. The molecule has 0 radical (unpaired) electrons. The summed E-state index contributed by atoms with van der Waals surface area (Å²) in [5.41, 5.74) is 2.27. The van der Waals surface area contributed by atoms with Gasteiger partial charge in [0.25, 0.3) is 5.56 Å². The molecule has 0 aliphatic rings. The van der Waals surface area contributed by atoms with Crippen molar-refractivity contribution in [1.82, 2.24) is 14.9 Å². The molecule has 6 heteroatoms. The number of nitrogens with one attached hydrogen (secondary N) is 1. The Bertz CT molecular complexity index is 966. The molecule has 0 saturated carbocycles. The minimum atomic E-state index is -0.267. The third kappa shape index (κ3) is 5.30. The lowest BCUT2D eigenvalue weighted by Gasteiger charge is -2.08. The smallest absolute Gasteiger partial charge is 0.254 e. The highest BCUT2D eigenvalue weighted by Crippen LogP contribution is 2.19. The molecular weight excluding hydrogens is 354 g/mol. The first-order chi connectivity index (χ1) is 13.7. The highest BCUT2D eigenvalue weighted by Gasteiger charge is 2.07. The maximum absolute atomic E-state index is 12.3. The van der Waals surface area contributed by atoms with Gasteiger partial charge in [-0.3, -0.25) is 14.2 Å². The maximum Gasteiger partial charge on any atom is 0.254 e. The molecule has 0 aliphatic heterocycles. The molecule has 1 amide bonds. The van der Waals surface area contributed by atoms with Crippen LogP contribution in [-0.2, 0) is 17.8 Å². The predicted octanol–water partition coefficient (Wildman–Crippen LogP) is 2.67. The third-order valence-electron chi connectivity index (χ3n) is 4.23. The zero-order valence-electron chi connectivity index (χ0n) is 15.8. The second-order valence-corrected chi connectivity index (χ2v) is 6.28. The molecule has 0 unspecified atom stereocenters. The summed E-state index contributed by atoms with van der Waals surface area (Å²) in [6.45, 7) is 2.99. The fourth-order valence-corrected chi connectivity index (χ4v) is 2.79. The van der Waals surface area contributed by atoms with Crippen LogP contribution in [-0.4, -0.2) is 28.6 Å². The van der Waals surface area contributed by atoms with Crippen molar-refractivity contribution in [2.45, 2.75) is 19.9 Å². The predicted molar refractivity (Wildman–Crippen MR) is 108 cm³/mol. The number of benzene rings is 2. The van der Waals surface area contributed by atoms with E-state index in [0.717, 1.165) is 23.3 Å². The summed E-state index contributed by atoms with van der Waals surface area (Å²) < 4.78 is 6.71. The molecular formula is C22H23N3O3. The molecule has 3 rings (SSSR count). The van der Waals surface area contributed by atoms with E-state index in [2.05, 4.69) is 10.3 Å². The van der Waals surface area contributed by atoms with Crippen molar-refractivity contribution >= 4 is 5.91 Å². The molecule has 1 aromatic heterocycles. The van der Waals surface area contributed by atoms with Crippen molar-refractivity contribution in [2.24, 2.45) is 0 Å². The first kappa shape index (κ1) is 19.4. The van der Waals surface area contributed by atoms with Gasteiger partial charge in [0.05, 0.1) is 18.6 Å². The minimum absolute atomic E-state index is 0.0514. The number of hydrogen-bond donors (Lipinski definition) is 1. The molecule has 28 heavy (non-hydrogen) atoms. The Morgan fingerprint density at radius 1 is 1.11 bits per heavy atom. The summed E-state index contributed by atoms with van der Waals surface area (Å²) in [5.74, 6) is 0.556. The number of hydrogen-bond acceptors (Lipinski definition) is 4. The Balaban J connectivity index is 1.57. The molecule has 144 valence electrons. The standard InChI is InChI=1S/C22H23N3O3/c1-2-28-19-10-8-18(9-11-19)20-14-22(27)25(16-24-20)15-21(26)23-13-12-17-6-4-3-5-7-17/h3-11,14,16H,2,12-13,15H2,1H3,(H,23,26). The van der Waals surface area contributed by atoms with Crippen LogP contribution in [0.4, 0.5) is 0 Å². The van der Waals surface area contributed by atoms with E-state index in [-0.39, 0.29) is 18.0 Å². The van der Waals surface area contributed by atoms with Crippen molar-refractivity contribution in [3.63, 3.8) is 0 Å². The topological polar surface area (TPSA) is 73.2 Å². The van der Waals surface area contributed by atoms with Crippen molar-refractivity contribution in [2.75, 3.05) is 13.2 Å². The Morgan fingerprint density at radius 2 is 1.86 bits per heavy atom. The second-order valence-electron chi connectivity index (χ2n) is 6.28. The van der Waals surface area contributed by atoms with E-state index in [4.69, 9.17) is 4.74 Å². The van der Waals surface area contributed by atoms with Crippen LogP contribution < -0.4 is 15.6 Å². The van der Waals surface area contributed by atoms with E-state index in [1.165, 1.54) is 17.0 Å². The van der Waals surface area contributed by atoms with Crippen LogP contribution in [0.3, 0.4) is 0 Å². The summed E-state index contributed by atoms with van der Waals surface area (Å²) in [4.78, 5) is 28.7. The van der Waals surface area contributed by atoms with Gasteiger partial charge in [0, 0.05) is 18.2 Å². The molecule has 2 aromatic carbocycles. The molecule has 0 fully saturated rings. The zero-order valence-corrected chi connectivity index (χ0v) is 15.8. The number of rotatable bonds is 8. The van der Waals surface area contributed by atoms with E-state index in [9.17, 15) is 9.59 Å². The lowest BCUT2D eigenvalue weighted by atomic mass is 10.1. The SMILES string of the molecule is CCOc1ccc(-c2cc(=O)n(CC(=O)NCCc3ccccc3)cn2)cc1. The number of aromatic nitrogens is 2. The Kier molecular flexibility index (Phi) is 6.57. The highest BCUT2D eigenvalue weighted by atomic mass is 16.5. The van der Waals surface area contributed by atoms with Crippen LogP contribution in [0.25, 0.3) is 11.3 Å². The molecule has 0 spiro atoms. The van der Waals surface area contributed by atoms with Gasteiger partial charge in [-0.25, -0.2) is 4.98 Å². The van der Waals surface area contributed by atoms with Crippen molar-refractivity contribution in [3.05, 3.63) is 82.9 Å². The van der Waals surface area contributed by atoms with Gasteiger partial charge in [0.2, 0.25) is 5.91 Å². The summed E-state index contributed by atoms with van der Waals surface area (Å²) in [5, 5.41) is 2.83. The maximum atomic E-state index is 12.3. The number of amides is 1. The largest absolute Gasteiger partial charge is 0.494 e. The fourth-order valence-electron chi connectivity index (χ4n) is 2.79. The van der Waals surface area contributed by atoms with Crippen molar-refractivity contribution in [1.29, 1.82) is 0 Å². The molecule has 1 heterocycles. The zero-order chi connectivity index (χ0) is 19.8. The lowest BCUT2D eigenvalue weighted by Crippen LogP contribution is -2.33. The van der Waals surface area contributed by atoms with Crippen LogP contribution in [0.2, 0.25) is 0 Å². The quantitative estimate of drug-likeness (QED) is 0.655. The third-order valence-corrected chi connectivity index (χ3v) is 4.23. The van der Waals surface area contributed by atoms with Gasteiger partial charge >= 0.3 is 0 Å². The average molecular weight is 377 g/mol. The number of nitrogens with zero attached hydrogens (tertiary/aromatic N) is 2. The van der Waals surface area contributed by atoms with Gasteiger partial charge in [-0.2, -0.15) is 0 Å². The summed E-state index contributed by atoms with van der Waals surface area (Å²) in [6, 6.07) is 18.7. The number of carbonyl (C=O) groups is 1. The van der Waals surface area contributed by atoms with Gasteiger partial charge in [0.1, 0.15) is 12.3 Å². The van der Waals surface area contributed by atoms with Crippen molar-refractivity contribution < 1.29 is 9.53 Å². The van der Waals surface area contributed by atoms with E-state index >= 15 is 0 Å². The van der Waals surface area contributed by atoms with Gasteiger partial charge in [0.15, 0.2) is 0 Å². The van der Waals surface area contributed by atoms with Gasteiger partial charge in [-0.15, -0.1) is 0 Å². The van der Waals surface area contributed by atoms with E-state index in [1.54, 1.807) is 0 Å². The normalized spacial score (nSPS) is 10.5. The molecule has 0 aliphatic carbocycles. The minimum Gasteiger partial charge on any atom is -0.494 e. The van der Waals surface area contributed by atoms with E-state index in [1.807, 2.05) is 61.5 Å². The van der Waals surface area contributed by atoms with E-state index < -0.39 is 0 Å². The highest BCUT2D eigenvalue weighted by molar-refractivity contribution is 5.75. The average Bonchev–Trinajstić information content (AvgIpc) is 2.71. The number of ether oxygens (including phenoxy) is 1. The number of carbonyl (C=O) groups excluding carboxylic acids is 1. The summed E-state index contributed by atoms with van der Waals surface area (Å²) in [7, 11) is 0. The van der Waals surface area contributed by atoms with Gasteiger partial charge < -0.3 is 10.1 Å². The lowest BCUT2D eigenvalue weighted by molar-refractivity contribution is -0.121. The summed E-state index contributed by atoms with van der Waals surface area (Å²) in [6.07, 6.45) is 2.15. The molecule has 1 N–H and O–H groups in total. The Hall–Kier alpha value is -3.41. The Morgan fingerprint density at radius 3 is 2.54 bits per heavy atom. The Labute approximate surface area is 163 Å². The first-order valence-electron chi connectivity index (χ1n) is 9.26. The van der Waals surface area contributed by atoms with Crippen LogP contribution in [0.5, 0.6) is 5.75 Å². The molecule has 0 atom stereocenters. The fraction of sp³-hybridized carbons (Fsp3) is 0.227. The van der Waals surface area contributed by atoms with Crippen LogP contribution in [0, 0.1) is 0 Å².